The van der Waals surface area contributed by atoms with Crippen LogP contribution in [0.5, 0.6) is 0 Å². The van der Waals surface area contributed by atoms with Crippen molar-refractivity contribution in [3.8, 4) is 33.8 Å². The molecule has 3 aromatic heterocycles. The number of rotatable bonds is 11. The van der Waals surface area contributed by atoms with E-state index in [4.69, 9.17) is 10.2 Å². The number of benzene rings is 2. The first-order chi connectivity index (χ1) is 27.7. The van der Waals surface area contributed by atoms with E-state index in [0.717, 1.165) is 72.8 Å². The van der Waals surface area contributed by atoms with Gasteiger partial charge in [-0.3, -0.25) is 15.0 Å². The first-order valence-electron chi connectivity index (χ1n) is 22.2. The molecule has 8 rings (SSSR count). The van der Waals surface area contributed by atoms with Crippen LogP contribution in [0.1, 0.15) is 110 Å². The summed E-state index contributed by atoms with van der Waals surface area (Å²) in [5, 5.41) is 18.3. The van der Waals surface area contributed by atoms with Crippen molar-refractivity contribution in [1.29, 1.82) is 0 Å². The maximum Gasteiger partial charge on any atom is 0.152 e. The van der Waals surface area contributed by atoms with E-state index in [1.54, 1.807) is 0 Å². The van der Waals surface area contributed by atoms with E-state index < -0.39 is 0 Å². The highest BCUT2D eigenvalue weighted by atomic mass is 15.3. The molecule has 7 nitrogen and oxygen atoms in total. The summed E-state index contributed by atoms with van der Waals surface area (Å²) in [5.41, 5.74) is 8.89. The summed E-state index contributed by atoms with van der Waals surface area (Å²) in [7, 11) is 0. The number of aromatic nitrogens is 5. The van der Waals surface area contributed by atoms with Gasteiger partial charge in [-0.15, -0.1) is 10.2 Å². The van der Waals surface area contributed by atoms with Gasteiger partial charge in [0.1, 0.15) is 11.4 Å². The van der Waals surface area contributed by atoms with Crippen molar-refractivity contribution >= 4 is 5.82 Å². The number of anilines is 1. The van der Waals surface area contributed by atoms with Crippen LogP contribution < -0.4 is 4.90 Å². The Morgan fingerprint density at radius 1 is 0.684 bits per heavy atom. The Kier molecular flexibility index (Phi) is 12.2. The minimum Gasteiger partial charge on any atom is -0.349 e. The van der Waals surface area contributed by atoms with E-state index in [0.29, 0.717) is 41.7 Å². The van der Waals surface area contributed by atoms with Crippen LogP contribution in [-0.4, -0.2) is 55.5 Å². The molecule has 1 aliphatic heterocycles. The van der Waals surface area contributed by atoms with Crippen LogP contribution in [0.25, 0.3) is 33.8 Å². The second kappa shape index (κ2) is 17.6. The van der Waals surface area contributed by atoms with Crippen molar-refractivity contribution in [2.24, 2.45) is 35.5 Å². The lowest BCUT2D eigenvalue weighted by atomic mass is 9.69. The SMILES string of the molecule is CC1CCC(C(C)C)C(N(c2cc(-c3ccccc3)c(-c3ccc(CN4CCC(c5cc(-c6ccccn6)n[nH]5)CC4)cc3)nn2)C2CC(C)CCC2C(C)C)C1. The topological polar surface area (TPSA) is 73.8 Å². The van der Waals surface area contributed by atoms with Crippen molar-refractivity contribution in [2.75, 3.05) is 18.0 Å². The Bertz CT molecular complexity index is 1980. The molecule has 1 N–H and O–H groups in total. The van der Waals surface area contributed by atoms with Crippen molar-refractivity contribution < 1.29 is 0 Å². The number of nitrogens with zero attached hydrogens (tertiary/aromatic N) is 6. The summed E-state index contributed by atoms with van der Waals surface area (Å²) in [6.07, 6.45) is 11.8. The molecular weight excluding hydrogens is 699 g/mol. The van der Waals surface area contributed by atoms with E-state index >= 15 is 0 Å². The van der Waals surface area contributed by atoms with Crippen molar-refractivity contribution in [3.63, 3.8) is 0 Å². The van der Waals surface area contributed by atoms with Crippen molar-refractivity contribution in [1.82, 2.24) is 30.3 Å². The van der Waals surface area contributed by atoms with E-state index in [-0.39, 0.29) is 0 Å². The second-order valence-electron chi connectivity index (χ2n) is 18.7. The average molecular weight is 764 g/mol. The quantitative estimate of drug-likeness (QED) is 0.144. The first-order valence-corrected chi connectivity index (χ1v) is 22.2. The smallest absolute Gasteiger partial charge is 0.152 e. The molecule has 0 bridgehead atoms. The maximum absolute atomic E-state index is 5.25. The van der Waals surface area contributed by atoms with Gasteiger partial charge in [0.15, 0.2) is 5.82 Å². The van der Waals surface area contributed by atoms with Crippen molar-refractivity contribution in [2.45, 2.75) is 117 Å². The Balaban J connectivity index is 1.05. The molecule has 0 spiro atoms. The van der Waals surface area contributed by atoms with Gasteiger partial charge < -0.3 is 4.90 Å². The Morgan fingerprint density at radius 2 is 1.33 bits per heavy atom. The van der Waals surface area contributed by atoms with Gasteiger partial charge in [0.2, 0.25) is 0 Å². The zero-order valence-electron chi connectivity index (χ0n) is 35.3. The van der Waals surface area contributed by atoms with Gasteiger partial charge in [-0.05, 0) is 123 Å². The lowest BCUT2D eigenvalue weighted by molar-refractivity contribution is 0.135. The van der Waals surface area contributed by atoms with Gasteiger partial charge in [-0.2, -0.15) is 5.10 Å². The summed E-state index contributed by atoms with van der Waals surface area (Å²) in [6, 6.07) is 31.6. The standard InChI is InChI=1S/C50H65N7/c1-33(2)41-21-15-35(5)28-47(41)57(48-29-36(6)16-22-42(48)34(3)4)49-30-43(38-12-8-7-9-13-38)50(55-54-49)40-19-17-37(18-20-40)32-56-26-23-39(24-27-56)45-31-46(53-52-45)44-14-10-11-25-51-44/h7-14,17-20,25,30-31,33-36,39,41-42,47-48H,15-16,21-24,26-29,32H2,1-6H3,(H,52,53). The fourth-order valence-electron chi connectivity index (χ4n) is 10.7. The molecule has 6 unspecified atom stereocenters. The number of pyridine rings is 1. The van der Waals surface area contributed by atoms with Crippen LogP contribution in [0.4, 0.5) is 5.82 Å². The number of likely N-dealkylation sites (tertiary alicyclic amines) is 1. The molecule has 5 aromatic rings. The third-order valence-corrected chi connectivity index (χ3v) is 14.0. The van der Waals surface area contributed by atoms with E-state index in [1.165, 1.54) is 60.9 Å². The van der Waals surface area contributed by atoms with Crippen LogP contribution >= 0.6 is 0 Å². The molecule has 6 atom stereocenters. The molecule has 1 saturated heterocycles. The molecular formula is C50H65N7. The summed E-state index contributed by atoms with van der Waals surface area (Å²) in [6.45, 7) is 17.8. The molecule has 0 amide bonds. The van der Waals surface area contributed by atoms with Gasteiger partial charge in [0.25, 0.3) is 0 Å². The van der Waals surface area contributed by atoms with Gasteiger partial charge in [0.05, 0.1) is 5.69 Å². The molecule has 3 fully saturated rings. The Labute approximate surface area is 342 Å². The summed E-state index contributed by atoms with van der Waals surface area (Å²) in [5.74, 6) is 5.60. The fraction of sp³-hybridized carbons (Fsp3) is 0.520. The summed E-state index contributed by atoms with van der Waals surface area (Å²) < 4.78 is 0. The van der Waals surface area contributed by atoms with Crippen LogP contribution in [0.15, 0.2) is 91.1 Å². The number of hydrogen-bond acceptors (Lipinski definition) is 6. The van der Waals surface area contributed by atoms with Gasteiger partial charge >= 0.3 is 0 Å². The summed E-state index contributed by atoms with van der Waals surface area (Å²) >= 11 is 0. The Morgan fingerprint density at radius 3 is 1.95 bits per heavy atom. The number of piperidine rings is 1. The minimum absolute atomic E-state index is 0.474. The highest BCUT2D eigenvalue weighted by molar-refractivity contribution is 5.82. The van der Waals surface area contributed by atoms with Crippen LogP contribution in [0.2, 0.25) is 0 Å². The maximum atomic E-state index is 5.25. The predicted molar refractivity (Wildman–Crippen MR) is 235 cm³/mol. The summed E-state index contributed by atoms with van der Waals surface area (Å²) in [4.78, 5) is 9.92. The molecule has 4 heterocycles. The molecule has 300 valence electrons. The molecule has 7 heteroatoms. The number of hydrogen-bond donors (Lipinski definition) is 1. The third-order valence-electron chi connectivity index (χ3n) is 14.0. The van der Waals surface area contributed by atoms with E-state index in [1.807, 2.05) is 24.4 Å². The number of aromatic amines is 1. The van der Waals surface area contributed by atoms with Gasteiger partial charge in [-0.1, -0.05) is 115 Å². The van der Waals surface area contributed by atoms with Crippen molar-refractivity contribution in [3.05, 3.63) is 102 Å². The molecule has 3 aliphatic rings. The zero-order valence-corrected chi connectivity index (χ0v) is 35.3. The van der Waals surface area contributed by atoms with Gasteiger partial charge in [-0.25, -0.2) is 0 Å². The number of H-pyrrole nitrogens is 1. The molecule has 2 aliphatic carbocycles. The monoisotopic (exact) mass is 764 g/mol. The highest BCUT2D eigenvalue weighted by Gasteiger charge is 2.43. The highest BCUT2D eigenvalue weighted by Crippen LogP contribution is 2.45. The third kappa shape index (κ3) is 8.89. The molecule has 2 aromatic carbocycles. The van der Waals surface area contributed by atoms with Crippen LogP contribution in [0.3, 0.4) is 0 Å². The van der Waals surface area contributed by atoms with Crippen LogP contribution in [-0.2, 0) is 6.54 Å². The minimum atomic E-state index is 0.474. The Hall–Kier alpha value is -4.36. The normalized spacial score (nSPS) is 24.9. The second-order valence-corrected chi connectivity index (χ2v) is 18.7. The lowest BCUT2D eigenvalue weighted by Crippen LogP contribution is -2.55. The van der Waals surface area contributed by atoms with E-state index in [9.17, 15) is 0 Å². The largest absolute Gasteiger partial charge is 0.349 e. The number of nitrogens with one attached hydrogen (secondary N) is 1. The first kappa shape index (κ1) is 39.5. The predicted octanol–water partition coefficient (Wildman–Crippen LogP) is 11.7. The lowest BCUT2D eigenvalue weighted by Gasteiger charge is -2.52. The van der Waals surface area contributed by atoms with E-state index in [2.05, 4.69) is 133 Å². The molecule has 2 saturated carbocycles. The van der Waals surface area contributed by atoms with Gasteiger partial charge in [0, 0.05) is 47.6 Å². The van der Waals surface area contributed by atoms with Crippen LogP contribution in [0, 0.1) is 35.5 Å². The fourth-order valence-corrected chi connectivity index (χ4v) is 10.7. The average Bonchev–Trinajstić information content (AvgIpc) is 3.73. The molecule has 57 heavy (non-hydrogen) atoms. The molecule has 0 radical (unpaired) electrons. The zero-order chi connectivity index (χ0) is 39.5.